The first-order valence-corrected chi connectivity index (χ1v) is 3.97. The Bertz CT molecular complexity index is 101. The van der Waals surface area contributed by atoms with Crippen LogP contribution in [-0.4, -0.2) is 10.1 Å². The second-order valence-electron chi connectivity index (χ2n) is 1.77. The summed E-state index contributed by atoms with van der Waals surface area (Å²) < 4.78 is 0.179. The maximum atomic E-state index is 10.3. The molecule has 0 spiro atoms. The average molecular weight is 240 g/mol. The van der Waals surface area contributed by atoms with Gasteiger partial charge in [-0.3, -0.25) is 4.79 Å². The number of aldehydes is 1. The summed E-state index contributed by atoms with van der Waals surface area (Å²) in [6.45, 7) is 0. The predicted octanol–water partition coefficient (Wildman–Crippen LogP) is 1.71. The molecule has 0 aromatic heterocycles. The van der Waals surface area contributed by atoms with E-state index in [-0.39, 0.29) is 3.79 Å². The van der Waals surface area contributed by atoms with Crippen molar-refractivity contribution in [2.24, 2.45) is 0 Å². The highest BCUT2D eigenvalue weighted by atomic mass is 127. The zero-order valence-electron chi connectivity index (χ0n) is 5.10. The summed E-state index contributed by atoms with van der Waals surface area (Å²) in [6, 6.07) is 0. The van der Waals surface area contributed by atoms with Gasteiger partial charge in [-0.25, -0.2) is 0 Å². The number of carbonyl (C=O) groups excluding carboxylic acids is 2. The third-order valence-electron chi connectivity index (χ3n) is 0.945. The Morgan fingerprint density at radius 2 is 2.11 bits per heavy atom. The van der Waals surface area contributed by atoms with Gasteiger partial charge in [0.15, 0.2) is 3.79 Å². The van der Waals surface area contributed by atoms with Crippen molar-refractivity contribution in [1.82, 2.24) is 0 Å². The fourth-order valence-corrected chi connectivity index (χ4v) is 0.873. The van der Waals surface area contributed by atoms with E-state index in [0.29, 0.717) is 12.8 Å². The van der Waals surface area contributed by atoms with Gasteiger partial charge in [0.1, 0.15) is 6.29 Å². The second kappa shape index (κ2) is 6.19. The molecule has 0 aliphatic carbocycles. The van der Waals surface area contributed by atoms with Crippen LogP contribution in [0.3, 0.4) is 0 Å². The van der Waals surface area contributed by atoms with E-state index in [1.165, 1.54) is 0 Å². The lowest BCUT2D eigenvalue weighted by molar-refractivity contribution is -0.110. The molecule has 0 fully saturated rings. The summed E-state index contributed by atoms with van der Waals surface area (Å²) in [7, 11) is 0. The fourth-order valence-electron chi connectivity index (χ4n) is 0.492. The van der Waals surface area contributed by atoms with Crippen molar-refractivity contribution in [3.8, 4) is 0 Å². The SMILES string of the molecule is O=CCCCCC(=O)I. The van der Waals surface area contributed by atoms with Crippen molar-refractivity contribution in [2.45, 2.75) is 25.7 Å². The predicted molar refractivity (Wildman–Crippen MR) is 43.6 cm³/mol. The standard InChI is InChI=1S/C6H9IO2/c7-6(9)4-2-1-3-5-8/h5H,1-4H2. The quantitative estimate of drug-likeness (QED) is 0.317. The van der Waals surface area contributed by atoms with Crippen LogP contribution in [0, 0.1) is 0 Å². The molecule has 0 aliphatic rings. The molecule has 0 unspecified atom stereocenters. The molecular weight excluding hydrogens is 231 g/mol. The summed E-state index contributed by atoms with van der Waals surface area (Å²) in [5.74, 6) is 0. The van der Waals surface area contributed by atoms with Crippen molar-refractivity contribution in [2.75, 3.05) is 0 Å². The van der Waals surface area contributed by atoms with Crippen LogP contribution >= 0.6 is 22.6 Å². The molecule has 0 heterocycles. The van der Waals surface area contributed by atoms with E-state index in [9.17, 15) is 9.59 Å². The van der Waals surface area contributed by atoms with Gasteiger partial charge in [-0.05, 0) is 35.4 Å². The first kappa shape index (κ1) is 9.07. The minimum atomic E-state index is 0.179. The Morgan fingerprint density at radius 1 is 1.44 bits per heavy atom. The Morgan fingerprint density at radius 3 is 2.56 bits per heavy atom. The van der Waals surface area contributed by atoms with E-state index in [1.807, 2.05) is 0 Å². The van der Waals surface area contributed by atoms with Gasteiger partial charge in [0.25, 0.3) is 0 Å². The van der Waals surface area contributed by atoms with Gasteiger partial charge in [-0.1, -0.05) is 0 Å². The lowest BCUT2D eigenvalue weighted by atomic mass is 10.2. The smallest absolute Gasteiger partial charge is 0.192 e. The van der Waals surface area contributed by atoms with Crippen molar-refractivity contribution in [3.05, 3.63) is 0 Å². The van der Waals surface area contributed by atoms with Gasteiger partial charge in [-0.15, -0.1) is 0 Å². The first-order chi connectivity index (χ1) is 4.27. The average Bonchev–Trinajstić information content (AvgIpc) is 1.80. The van der Waals surface area contributed by atoms with Gasteiger partial charge in [0.05, 0.1) is 0 Å². The van der Waals surface area contributed by atoms with E-state index in [0.717, 1.165) is 19.1 Å². The number of carbonyl (C=O) groups is 2. The Balaban J connectivity index is 2.91. The molecule has 0 amide bonds. The van der Waals surface area contributed by atoms with E-state index >= 15 is 0 Å². The normalized spacial score (nSPS) is 9.00. The monoisotopic (exact) mass is 240 g/mol. The number of hydrogen-bond donors (Lipinski definition) is 0. The summed E-state index contributed by atoms with van der Waals surface area (Å²) in [6.07, 6.45) is 3.77. The summed E-state index contributed by atoms with van der Waals surface area (Å²) in [5, 5.41) is 0. The molecule has 0 N–H and O–H groups in total. The van der Waals surface area contributed by atoms with Crippen LogP contribution in [-0.2, 0) is 9.59 Å². The Labute approximate surface area is 68.1 Å². The highest BCUT2D eigenvalue weighted by Crippen LogP contribution is 2.01. The van der Waals surface area contributed by atoms with Crippen LogP contribution in [0.4, 0.5) is 0 Å². The van der Waals surface area contributed by atoms with Crippen LogP contribution in [0.2, 0.25) is 0 Å². The van der Waals surface area contributed by atoms with Crippen molar-refractivity contribution in [3.63, 3.8) is 0 Å². The molecule has 0 bridgehead atoms. The molecule has 0 aromatic carbocycles. The molecule has 9 heavy (non-hydrogen) atoms. The van der Waals surface area contributed by atoms with E-state index in [2.05, 4.69) is 0 Å². The number of halogens is 1. The lowest BCUT2D eigenvalue weighted by Gasteiger charge is -1.89. The number of rotatable bonds is 5. The van der Waals surface area contributed by atoms with Crippen molar-refractivity contribution < 1.29 is 9.59 Å². The van der Waals surface area contributed by atoms with Gasteiger partial charge in [0, 0.05) is 12.8 Å². The molecule has 0 radical (unpaired) electrons. The minimum Gasteiger partial charge on any atom is -0.303 e. The molecule has 52 valence electrons. The molecule has 0 saturated carbocycles. The van der Waals surface area contributed by atoms with Gasteiger partial charge < -0.3 is 4.79 Å². The van der Waals surface area contributed by atoms with Crippen LogP contribution < -0.4 is 0 Å². The maximum Gasteiger partial charge on any atom is 0.192 e. The van der Waals surface area contributed by atoms with Crippen LogP contribution in [0.1, 0.15) is 25.7 Å². The molecular formula is C6H9IO2. The maximum absolute atomic E-state index is 10.3. The van der Waals surface area contributed by atoms with Gasteiger partial charge in [0.2, 0.25) is 0 Å². The van der Waals surface area contributed by atoms with Crippen LogP contribution in [0.15, 0.2) is 0 Å². The molecule has 0 atom stereocenters. The number of unbranched alkanes of at least 4 members (excludes halogenated alkanes) is 2. The highest BCUT2D eigenvalue weighted by molar-refractivity contribution is 14.1. The van der Waals surface area contributed by atoms with Gasteiger partial charge >= 0.3 is 0 Å². The minimum absolute atomic E-state index is 0.179. The zero-order valence-corrected chi connectivity index (χ0v) is 7.26. The largest absolute Gasteiger partial charge is 0.303 e. The van der Waals surface area contributed by atoms with Crippen molar-refractivity contribution in [1.29, 1.82) is 0 Å². The van der Waals surface area contributed by atoms with E-state index in [1.54, 1.807) is 22.6 Å². The molecule has 0 saturated heterocycles. The molecule has 3 heteroatoms. The Kier molecular flexibility index (Phi) is 6.24. The third-order valence-corrected chi connectivity index (χ3v) is 1.48. The van der Waals surface area contributed by atoms with E-state index < -0.39 is 0 Å². The molecule has 0 aliphatic heterocycles. The van der Waals surface area contributed by atoms with Crippen molar-refractivity contribution >= 4 is 32.7 Å². The molecule has 2 nitrogen and oxygen atoms in total. The lowest BCUT2D eigenvalue weighted by Crippen LogP contribution is -1.85. The Hall–Kier alpha value is 0.0700. The summed E-state index contributed by atoms with van der Waals surface area (Å²) in [4.78, 5) is 20.1. The summed E-state index contributed by atoms with van der Waals surface area (Å²) in [5.41, 5.74) is 0. The third kappa shape index (κ3) is 8.07. The fraction of sp³-hybridized carbons (Fsp3) is 0.667. The summed E-state index contributed by atoms with van der Waals surface area (Å²) >= 11 is 1.77. The van der Waals surface area contributed by atoms with Gasteiger partial charge in [-0.2, -0.15) is 0 Å². The second-order valence-corrected chi connectivity index (χ2v) is 2.97. The van der Waals surface area contributed by atoms with Crippen LogP contribution in [0.5, 0.6) is 0 Å². The molecule has 0 rings (SSSR count). The number of hydrogen-bond acceptors (Lipinski definition) is 2. The first-order valence-electron chi connectivity index (χ1n) is 2.89. The van der Waals surface area contributed by atoms with E-state index in [4.69, 9.17) is 0 Å². The molecule has 0 aromatic rings. The highest BCUT2D eigenvalue weighted by Gasteiger charge is 1.93. The van der Waals surface area contributed by atoms with Crippen LogP contribution in [0.25, 0.3) is 0 Å². The zero-order chi connectivity index (χ0) is 7.11. The topological polar surface area (TPSA) is 34.1 Å².